The Morgan fingerprint density at radius 3 is 1.50 bits per heavy atom. The van der Waals surface area contributed by atoms with Crippen LogP contribution >= 0.6 is 27.8 Å². The molecule has 178 valence electrons. The van der Waals surface area contributed by atoms with E-state index in [0.29, 0.717) is 17.3 Å². The maximum absolute atomic E-state index is 11.5. The van der Waals surface area contributed by atoms with Crippen molar-refractivity contribution >= 4 is 51.3 Å². The number of carbonyl (C=O) groups excluding carboxylic acids is 2. The fraction of sp³-hybridized carbons (Fsp3) is 0.692. The number of halogens is 1. The zero-order valence-electron chi connectivity index (χ0n) is 18.0. The molecule has 0 saturated carbocycles. The normalized spacial score (nSPS) is 11.6. The molecule has 0 aliphatic rings. The van der Waals surface area contributed by atoms with E-state index in [1.54, 1.807) is 35.2 Å². The molecule has 0 aliphatic carbocycles. The molecule has 0 heterocycles. The van der Waals surface area contributed by atoms with Crippen molar-refractivity contribution in [2.24, 2.45) is 21.7 Å². The molecule has 30 heavy (non-hydrogen) atoms. The number of hydrogen-bond acceptors (Lipinski definition) is 10. The number of carbonyl (C=O) groups is 2. The minimum absolute atomic E-state index is 0.000278. The molecule has 6 N–H and O–H groups in total. The number of alkyl halides is 1. The molecule has 0 fully saturated rings. The summed E-state index contributed by atoms with van der Waals surface area (Å²) in [6.07, 6.45) is 0.000278. The van der Waals surface area contributed by atoms with E-state index in [0.717, 1.165) is 0 Å². The SMILES string of the molecule is C/C(CCl)=N/NC(N)=O.COP(=O)(C/C(C)=N\NC(N)=O)OC.COP(OC)OC. The van der Waals surface area contributed by atoms with Crippen molar-refractivity contribution in [2.45, 2.75) is 13.8 Å². The summed E-state index contributed by atoms with van der Waals surface area (Å²) < 4.78 is 34.9. The Morgan fingerprint density at radius 2 is 1.27 bits per heavy atom. The molecule has 0 radical (unpaired) electrons. The lowest BCUT2D eigenvalue weighted by molar-refractivity contribution is 0.239. The Hall–Kier alpha value is -1.37. The molecule has 0 bridgehead atoms. The van der Waals surface area contributed by atoms with Crippen molar-refractivity contribution < 1.29 is 36.8 Å². The number of hydrogen-bond donors (Lipinski definition) is 4. The molecule has 0 aromatic heterocycles. The monoisotopic (exact) mass is 496 g/mol. The number of nitrogens with one attached hydrogen (secondary N) is 2. The van der Waals surface area contributed by atoms with E-state index >= 15 is 0 Å². The van der Waals surface area contributed by atoms with Gasteiger partial charge in [-0.2, -0.15) is 10.2 Å². The predicted molar refractivity (Wildman–Crippen MR) is 117 cm³/mol. The number of nitrogens with two attached hydrogens (primary N) is 2. The molecule has 0 aromatic rings. The third-order valence-corrected chi connectivity index (χ3v) is 5.57. The first-order valence-corrected chi connectivity index (χ1v) is 11.2. The summed E-state index contributed by atoms with van der Waals surface area (Å²) in [4.78, 5) is 20.3. The highest BCUT2D eigenvalue weighted by Crippen LogP contribution is 2.46. The standard InChI is InChI=1S/C6H14N3O4P.C4H8ClN3O.C3H9O3P/c1-5(8-9-6(7)10)4-14(11,12-2)13-3;1-3(2-5)7-8-4(6)9;1-4-7(5-2)6-3/h4H2,1-3H3,(H3,7,9,10);2H2,1H3,(H3,6,8,9);1-3H3/b8-5-;7-3-;. The molecular weight excluding hydrogens is 466 g/mol. The summed E-state index contributed by atoms with van der Waals surface area (Å²) >= 11 is 5.31. The van der Waals surface area contributed by atoms with E-state index in [1.807, 2.05) is 10.9 Å². The van der Waals surface area contributed by atoms with Crippen molar-refractivity contribution in [3.8, 4) is 0 Å². The Bertz CT molecular complexity index is 578. The maximum Gasteiger partial charge on any atom is 0.335 e. The third kappa shape index (κ3) is 22.9. The highest BCUT2D eigenvalue weighted by Gasteiger charge is 2.22. The van der Waals surface area contributed by atoms with Crippen molar-refractivity contribution in [3.63, 3.8) is 0 Å². The van der Waals surface area contributed by atoms with Gasteiger partial charge in [0.1, 0.15) is 0 Å². The molecule has 14 nitrogen and oxygen atoms in total. The summed E-state index contributed by atoms with van der Waals surface area (Å²) in [5.74, 6) is 0.292. The van der Waals surface area contributed by atoms with Gasteiger partial charge in [-0.3, -0.25) is 4.57 Å². The van der Waals surface area contributed by atoms with Crippen LogP contribution in [0.5, 0.6) is 0 Å². The van der Waals surface area contributed by atoms with Gasteiger partial charge in [-0.15, -0.1) is 11.6 Å². The second kappa shape index (κ2) is 20.9. The van der Waals surface area contributed by atoms with Crippen molar-refractivity contribution in [1.29, 1.82) is 0 Å². The highest BCUT2D eigenvalue weighted by atomic mass is 35.5. The summed E-state index contributed by atoms with van der Waals surface area (Å²) in [5.41, 5.74) is 14.5. The molecule has 0 saturated heterocycles. The zero-order valence-corrected chi connectivity index (χ0v) is 20.5. The molecular formula is C13H31ClN6O8P2. The van der Waals surface area contributed by atoms with Gasteiger partial charge in [0.05, 0.1) is 17.8 Å². The van der Waals surface area contributed by atoms with Crippen LogP contribution in [0, 0.1) is 0 Å². The van der Waals surface area contributed by atoms with Crippen LogP contribution in [0.25, 0.3) is 0 Å². The molecule has 4 amide bonds. The van der Waals surface area contributed by atoms with Gasteiger partial charge < -0.3 is 34.1 Å². The van der Waals surface area contributed by atoms with Gasteiger partial charge in [0.15, 0.2) is 0 Å². The number of urea groups is 2. The number of primary amides is 2. The van der Waals surface area contributed by atoms with Crippen LogP contribution in [-0.4, -0.2) is 71.1 Å². The Balaban J connectivity index is -0.000000393. The van der Waals surface area contributed by atoms with Gasteiger partial charge in [-0.25, -0.2) is 20.4 Å². The van der Waals surface area contributed by atoms with E-state index in [9.17, 15) is 14.2 Å². The number of hydrazone groups is 2. The second-order valence-corrected chi connectivity index (χ2v) is 8.76. The van der Waals surface area contributed by atoms with Crippen molar-refractivity contribution in [1.82, 2.24) is 10.9 Å². The average Bonchev–Trinajstić information content (AvgIpc) is 2.72. The lowest BCUT2D eigenvalue weighted by Crippen LogP contribution is -2.26. The quantitative estimate of drug-likeness (QED) is 0.152. The minimum Gasteiger partial charge on any atom is -0.350 e. The van der Waals surface area contributed by atoms with E-state index in [2.05, 4.69) is 32.8 Å². The zero-order chi connectivity index (χ0) is 24.2. The van der Waals surface area contributed by atoms with E-state index in [-0.39, 0.29) is 6.16 Å². The smallest absolute Gasteiger partial charge is 0.335 e. The van der Waals surface area contributed by atoms with Crippen LogP contribution < -0.4 is 22.3 Å². The van der Waals surface area contributed by atoms with Gasteiger partial charge in [-0.1, -0.05) is 0 Å². The average molecular weight is 497 g/mol. The molecule has 0 aliphatic heterocycles. The predicted octanol–water partition coefficient (Wildman–Crippen LogP) is 1.94. The fourth-order valence-electron chi connectivity index (χ4n) is 1.07. The first-order valence-electron chi connectivity index (χ1n) is 7.81. The Kier molecular flexibility index (Phi) is 23.2. The fourth-order valence-corrected chi connectivity index (χ4v) is 2.62. The largest absolute Gasteiger partial charge is 0.350 e. The van der Waals surface area contributed by atoms with E-state index in [1.165, 1.54) is 14.2 Å². The lowest BCUT2D eigenvalue weighted by Gasteiger charge is -2.12. The minimum atomic E-state index is -3.12. The third-order valence-electron chi connectivity index (χ3n) is 2.33. The number of nitrogens with zero attached hydrogens (tertiary/aromatic N) is 2. The van der Waals surface area contributed by atoms with Crippen LogP contribution in [0.15, 0.2) is 10.2 Å². The Labute approximate surface area is 182 Å². The van der Waals surface area contributed by atoms with Gasteiger partial charge in [0.2, 0.25) is 0 Å². The second-order valence-electron chi connectivity index (χ2n) is 4.69. The van der Waals surface area contributed by atoms with Crippen LogP contribution in [-0.2, 0) is 27.2 Å². The molecule has 17 heteroatoms. The Morgan fingerprint density at radius 1 is 0.900 bits per heavy atom. The molecule has 0 atom stereocenters. The summed E-state index contributed by atoms with van der Waals surface area (Å²) in [6.45, 7) is 3.25. The first kappa shape index (κ1) is 33.3. The molecule has 0 rings (SSSR count). The molecule has 0 aromatic carbocycles. The number of rotatable bonds is 10. The number of amides is 4. The molecule has 0 unspecified atom stereocenters. The summed E-state index contributed by atoms with van der Waals surface area (Å²) in [5, 5.41) is 7.07. The van der Waals surface area contributed by atoms with Crippen LogP contribution in [0.1, 0.15) is 13.8 Å². The topological polar surface area (TPSA) is 198 Å². The van der Waals surface area contributed by atoms with Gasteiger partial charge in [0.25, 0.3) is 0 Å². The summed E-state index contributed by atoms with van der Waals surface area (Å²) in [7, 11) is 3.00. The van der Waals surface area contributed by atoms with E-state index < -0.39 is 28.3 Å². The van der Waals surface area contributed by atoms with Gasteiger partial charge in [0, 0.05) is 41.3 Å². The van der Waals surface area contributed by atoms with Crippen LogP contribution in [0.2, 0.25) is 0 Å². The highest BCUT2D eigenvalue weighted by molar-refractivity contribution is 7.54. The van der Waals surface area contributed by atoms with E-state index in [4.69, 9.17) is 23.1 Å². The summed E-state index contributed by atoms with van der Waals surface area (Å²) in [6, 6.07) is -1.46. The lowest BCUT2D eigenvalue weighted by atomic mass is 10.5. The van der Waals surface area contributed by atoms with Crippen LogP contribution in [0.3, 0.4) is 0 Å². The maximum atomic E-state index is 11.5. The van der Waals surface area contributed by atoms with Crippen LogP contribution in [0.4, 0.5) is 9.59 Å². The van der Waals surface area contributed by atoms with Crippen molar-refractivity contribution in [3.05, 3.63) is 0 Å². The van der Waals surface area contributed by atoms with Gasteiger partial charge >= 0.3 is 28.3 Å². The first-order chi connectivity index (χ1) is 13.9. The van der Waals surface area contributed by atoms with Crippen molar-refractivity contribution in [2.75, 3.05) is 47.6 Å². The molecule has 0 spiro atoms. The van der Waals surface area contributed by atoms with Gasteiger partial charge in [-0.05, 0) is 13.8 Å².